The van der Waals surface area contributed by atoms with E-state index < -0.39 is 11.9 Å². The van der Waals surface area contributed by atoms with Gasteiger partial charge < -0.3 is 14.6 Å². The minimum atomic E-state index is -0.944. The van der Waals surface area contributed by atoms with Crippen molar-refractivity contribution >= 4 is 11.8 Å². The van der Waals surface area contributed by atoms with E-state index >= 15 is 0 Å². The first kappa shape index (κ1) is 23.1. The van der Waals surface area contributed by atoms with Crippen molar-refractivity contribution in [2.45, 2.75) is 38.0 Å². The maximum Gasteiger partial charge on any atom is 0.311 e. The van der Waals surface area contributed by atoms with Gasteiger partial charge in [-0.05, 0) is 54.7 Å². The van der Waals surface area contributed by atoms with E-state index in [4.69, 9.17) is 9.47 Å². The summed E-state index contributed by atoms with van der Waals surface area (Å²) in [5, 5.41) is 19.0. The molecule has 1 N–H and O–H groups in total. The fraction of sp³-hybridized carbons (Fsp3) is 0.250. The summed E-state index contributed by atoms with van der Waals surface area (Å²) in [6.45, 7) is 2.41. The standard InChI is InChI=1S/C28H25NO5/c1-18(19-5-3-2-4-6-19)7-12-25(30)20-8-10-22(11-9-20)34-26-16-27-24(15-21(26)17-29)23(28(31)32)13-14-33-27/h2-6,8-11,15-16,18,23H,7,12-14H2,1H3,(H,31,32)/t18-,23?/m0/s1. The van der Waals surface area contributed by atoms with Crippen molar-refractivity contribution in [3.63, 3.8) is 0 Å². The molecule has 0 bridgehead atoms. The van der Waals surface area contributed by atoms with Gasteiger partial charge in [0, 0.05) is 23.6 Å². The number of carboxylic acid groups (broad SMARTS) is 1. The second-order valence-corrected chi connectivity index (χ2v) is 8.43. The topological polar surface area (TPSA) is 96.6 Å². The lowest BCUT2D eigenvalue weighted by molar-refractivity contribution is -0.139. The van der Waals surface area contributed by atoms with Crippen LogP contribution >= 0.6 is 0 Å². The zero-order chi connectivity index (χ0) is 24.1. The molecule has 0 amide bonds. The van der Waals surface area contributed by atoms with E-state index in [1.807, 2.05) is 18.2 Å². The van der Waals surface area contributed by atoms with Gasteiger partial charge in [-0.15, -0.1) is 0 Å². The fourth-order valence-corrected chi connectivity index (χ4v) is 4.12. The highest BCUT2D eigenvalue weighted by Gasteiger charge is 2.29. The Morgan fingerprint density at radius 3 is 2.56 bits per heavy atom. The van der Waals surface area contributed by atoms with Gasteiger partial charge in [-0.2, -0.15) is 5.26 Å². The number of aliphatic carboxylic acids is 1. The van der Waals surface area contributed by atoms with Crippen LogP contribution in [0.1, 0.15) is 65.1 Å². The van der Waals surface area contributed by atoms with Crippen molar-refractivity contribution in [3.05, 3.63) is 89.0 Å². The normalized spacial score (nSPS) is 15.4. The van der Waals surface area contributed by atoms with Crippen molar-refractivity contribution in [1.29, 1.82) is 5.26 Å². The van der Waals surface area contributed by atoms with E-state index in [1.165, 1.54) is 11.6 Å². The third-order valence-corrected chi connectivity index (χ3v) is 6.15. The third-order valence-electron chi connectivity index (χ3n) is 6.15. The number of benzene rings is 3. The molecule has 4 rings (SSSR count). The molecule has 2 atom stereocenters. The van der Waals surface area contributed by atoms with Crippen molar-refractivity contribution in [3.8, 4) is 23.3 Å². The molecule has 1 aliphatic heterocycles. The second kappa shape index (κ2) is 10.2. The van der Waals surface area contributed by atoms with Gasteiger partial charge in [0.05, 0.1) is 18.1 Å². The Bertz CT molecular complexity index is 1230. The minimum absolute atomic E-state index is 0.0638. The van der Waals surface area contributed by atoms with E-state index in [0.717, 1.165) is 6.42 Å². The first-order valence-electron chi connectivity index (χ1n) is 11.3. The van der Waals surface area contributed by atoms with Crippen LogP contribution in [-0.2, 0) is 4.79 Å². The van der Waals surface area contributed by atoms with Crippen molar-refractivity contribution < 1.29 is 24.2 Å². The van der Waals surface area contributed by atoms with Crippen LogP contribution in [0.2, 0.25) is 0 Å². The van der Waals surface area contributed by atoms with Crippen molar-refractivity contribution in [2.75, 3.05) is 6.61 Å². The highest BCUT2D eigenvalue weighted by Crippen LogP contribution is 2.39. The molecule has 0 aromatic heterocycles. The van der Waals surface area contributed by atoms with Crippen LogP contribution in [0.25, 0.3) is 0 Å². The third kappa shape index (κ3) is 5.10. The minimum Gasteiger partial charge on any atom is -0.493 e. The molecule has 34 heavy (non-hydrogen) atoms. The average molecular weight is 456 g/mol. The monoisotopic (exact) mass is 455 g/mol. The maximum atomic E-state index is 12.6. The van der Waals surface area contributed by atoms with Gasteiger partial charge in [-0.1, -0.05) is 37.3 Å². The van der Waals surface area contributed by atoms with Crippen LogP contribution in [0.4, 0.5) is 0 Å². The zero-order valence-corrected chi connectivity index (χ0v) is 18.9. The largest absolute Gasteiger partial charge is 0.493 e. The summed E-state index contributed by atoms with van der Waals surface area (Å²) in [5.74, 6) is -0.135. The number of fused-ring (bicyclic) bond motifs is 1. The smallest absolute Gasteiger partial charge is 0.311 e. The molecule has 1 aliphatic rings. The van der Waals surface area contributed by atoms with Gasteiger partial charge in [0.1, 0.15) is 23.3 Å². The Kier molecular flexibility index (Phi) is 6.93. The summed E-state index contributed by atoms with van der Waals surface area (Å²) >= 11 is 0. The van der Waals surface area contributed by atoms with Gasteiger partial charge >= 0.3 is 5.97 Å². The molecule has 0 fully saturated rings. The molecular formula is C28H25NO5. The number of nitrogens with zero attached hydrogens (tertiary/aromatic N) is 1. The zero-order valence-electron chi connectivity index (χ0n) is 18.9. The number of hydrogen-bond acceptors (Lipinski definition) is 5. The number of nitriles is 1. The summed E-state index contributed by atoms with van der Waals surface area (Å²) < 4.78 is 11.5. The molecule has 0 radical (unpaired) electrons. The summed E-state index contributed by atoms with van der Waals surface area (Å²) in [6.07, 6.45) is 1.56. The van der Waals surface area contributed by atoms with E-state index in [2.05, 4.69) is 25.1 Å². The molecule has 3 aromatic carbocycles. The molecule has 6 heteroatoms. The predicted octanol–water partition coefficient (Wildman–Crippen LogP) is 6.07. The maximum absolute atomic E-state index is 12.6. The number of carboxylic acids is 1. The first-order chi connectivity index (χ1) is 16.5. The molecule has 0 saturated heterocycles. The number of carbonyl (C=O) groups is 2. The molecule has 3 aromatic rings. The number of ketones is 1. The highest BCUT2D eigenvalue weighted by atomic mass is 16.5. The molecule has 0 spiro atoms. The van der Waals surface area contributed by atoms with E-state index in [-0.39, 0.29) is 23.7 Å². The Morgan fingerprint density at radius 1 is 1.15 bits per heavy atom. The summed E-state index contributed by atoms with van der Waals surface area (Å²) in [5.41, 5.74) is 2.53. The van der Waals surface area contributed by atoms with Crippen LogP contribution in [-0.4, -0.2) is 23.5 Å². The Morgan fingerprint density at radius 2 is 1.88 bits per heavy atom. The molecule has 0 saturated carbocycles. The average Bonchev–Trinajstić information content (AvgIpc) is 2.87. The van der Waals surface area contributed by atoms with Crippen LogP contribution in [0.3, 0.4) is 0 Å². The van der Waals surface area contributed by atoms with Crippen molar-refractivity contribution in [2.24, 2.45) is 0 Å². The van der Waals surface area contributed by atoms with Gasteiger partial charge in [-0.3, -0.25) is 9.59 Å². The van der Waals surface area contributed by atoms with Crippen LogP contribution in [0.5, 0.6) is 17.2 Å². The summed E-state index contributed by atoms with van der Waals surface area (Å²) in [4.78, 5) is 24.2. The SMILES string of the molecule is C[C@@H](CCC(=O)c1ccc(Oc2cc3c(cc2C#N)C(C(=O)O)CCO3)cc1)c1ccccc1. The molecule has 0 aliphatic carbocycles. The number of Topliss-reactive ketones (excluding diaryl/α,β-unsaturated/α-hetero) is 1. The Hall–Kier alpha value is -4.11. The Labute approximate surface area is 198 Å². The molecular weight excluding hydrogens is 430 g/mol. The lowest BCUT2D eigenvalue weighted by Crippen LogP contribution is -2.21. The molecule has 172 valence electrons. The quantitative estimate of drug-likeness (QED) is 0.414. The van der Waals surface area contributed by atoms with E-state index in [9.17, 15) is 20.0 Å². The number of carbonyl (C=O) groups excluding carboxylic acids is 1. The van der Waals surface area contributed by atoms with Crippen LogP contribution < -0.4 is 9.47 Å². The van der Waals surface area contributed by atoms with Crippen LogP contribution in [0, 0.1) is 11.3 Å². The van der Waals surface area contributed by atoms with E-state index in [0.29, 0.717) is 41.4 Å². The first-order valence-corrected chi connectivity index (χ1v) is 11.3. The van der Waals surface area contributed by atoms with Gasteiger partial charge in [-0.25, -0.2) is 0 Å². The number of hydrogen-bond donors (Lipinski definition) is 1. The van der Waals surface area contributed by atoms with Crippen molar-refractivity contribution in [1.82, 2.24) is 0 Å². The van der Waals surface area contributed by atoms with Gasteiger partial charge in [0.2, 0.25) is 0 Å². The molecule has 6 nitrogen and oxygen atoms in total. The van der Waals surface area contributed by atoms with E-state index in [1.54, 1.807) is 30.3 Å². The fourth-order valence-electron chi connectivity index (χ4n) is 4.12. The predicted molar refractivity (Wildman–Crippen MR) is 127 cm³/mol. The number of rotatable bonds is 8. The second-order valence-electron chi connectivity index (χ2n) is 8.43. The highest BCUT2D eigenvalue weighted by molar-refractivity contribution is 5.96. The van der Waals surface area contributed by atoms with Gasteiger partial charge in [0.25, 0.3) is 0 Å². The Balaban J connectivity index is 1.44. The lowest BCUT2D eigenvalue weighted by atomic mass is 9.91. The number of ether oxygens (including phenoxy) is 2. The molecule has 1 unspecified atom stereocenters. The summed E-state index contributed by atoms with van der Waals surface area (Å²) in [6, 6.07) is 22.1. The lowest BCUT2D eigenvalue weighted by Gasteiger charge is -2.24. The van der Waals surface area contributed by atoms with Gasteiger partial charge in [0.15, 0.2) is 5.78 Å². The molecule has 1 heterocycles. The summed E-state index contributed by atoms with van der Waals surface area (Å²) in [7, 11) is 0. The van der Waals surface area contributed by atoms with Crippen LogP contribution in [0.15, 0.2) is 66.7 Å².